The number of halogens is 1. The summed E-state index contributed by atoms with van der Waals surface area (Å²) in [6.45, 7) is 3.67. The SMILES string of the molecule is COC1CCCN(CCCCCBr)C1. The maximum atomic E-state index is 5.40. The predicted molar refractivity (Wildman–Crippen MR) is 64.1 cm³/mol. The summed E-state index contributed by atoms with van der Waals surface area (Å²) in [5, 5.41) is 1.15. The standard InChI is InChI=1S/C11H22BrNO/c1-14-11-6-5-9-13(10-11)8-4-2-3-7-12/h11H,2-10H2,1H3. The molecule has 0 N–H and O–H groups in total. The summed E-state index contributed by atoms with van der Waals surface area (Å²) in [5.41, 5.74) is 0. The Bertz CT molecular complexity index is 143. The van der Waals surface area contributed by atoms with Gasteiger partial charge in [0.2, 0.25) is 0 Å². The fourth-order valence-corrected chi connectivity index (χ4v) is 2.41. The Morgan fingerprint density at radius 2 is 2.21 bits per heavy atom. The second kappa shape index (κ2) is 7.66. The number of piperidine rings is 1. The van der Waals surface area contributed by atoms with Crippen molar-refractivity contribution >= 4 is 15.9 Å². The molecule has 1 atom stereocenters. The van der Waals surface area contributed by atoms with Crippen molar-refractivity contribution in [1.29, 1.82) is 0 Å². The molecule has 1 heterocycles. The molecule has 84 valence electrons. The topological polar surface area (TPSA) is 12.5 Å². The normalized spacial score (nSPS) is 24.0. The zero-order chi connectivity index (χ0) is 10.2. The van der Waals surface area contributed by atoms with Crippen molar-refractivity contribution in [1.82, 2.24) is 4.90 Å². The summed E-state index contributed by atoms with van der Waals surface area (Å²) in [7, 11) is 1.83. The van der Waals surface area contributed by atoms with Crippen LogP contribution in [0.2, 0.25) is 0 Å². The van der Waals surface area contributed by atoms with E-state index in [2.05, 4.69) is 20.8 Å². The van der Waals surface area contributed by atoms with Crippen LogP contribution in [0.3, 0.4) is 0 Å². The number of nitrogens with zero attached hydrogens (tertiary/aromatic N) is 1. The first-order valence-corrected chi connectivity index (χ1v) is 6.80. The molecule has 0 aromatic heterocycles. The maximum absolute atomic E-state index is 5.40. The maximum Gasteiger partial charge on any atom is 0.0698 e. The highest BCUT2D eigenvalue weighted by Crippen LogP contribution is 2.13. The van der Waals surface area contributed by atoms with Gasteiger partial charge in [0.1, 0.15) is 0 Å². The summed E-state index contributed by atoms with van der Waals surface area (Å²) in [4.78, 5) is 2.55. The van der Waals surface area contributed by atoms with E-state index in [4.69, 9.17) is 4.74 Å². The lowest BCUT2D eigenvalue weighted by atomic mass is 10.1. The van der Waals surface area contributed by atoms with Crippen molar-refractivity contribution in [3.05, 3.63) is 0 Å². The van der Waals surface area contributed by atoms with E-state index >= 15 is 0 Å². The van der Waals surface area contributed by atoms with Gasteiger partial charge in [-0.3, -0.25) is 0 Å². The van der Waals surface area contributed by atoms with Crippen LogP contribution in [0.25, 0.3) is 0 Å². The molecule has 0 aliphatic carbocycles. The Balaban J connectivity index is 2.05. The van der Waals surface area contributed by atoms with Crippen LogP contribution in [-0.4, -0.2) is 43.1 Å². The fraction of sp³-hybridized carbons (Fsp3) is 1.00. The van der Waals surface area contributed by atoms with E-state index in [1.54, 1.807) is 0 Å². The third-order valence-electron chi connectivity index (χ3n) is 2.90. The second-order valence-electron chi connectivity index (χ2n) is 4.05. The Labute approximate surface area is 96.1 Å². The highest BCUT2D eigenvalue weighted by Gasteiger charge is 2.18. The summed E-state index contributed by atoms with van der Waals surface area (Å²) in [6.07, 6.45) is 7.02. The largest absolute Gasteiger partial charge is 0.380 e. The molecule has 0 spiro atoms. The Kier molecular flexibility index (Phi) is 6.82. The number of ether oxygens (including phenoxy) is 1. The number of alkyl halides is 1. The van der Waals surface area contributed by atoms with E-state index in [9.17, 15) is 0 Å². The molecule has 0 aromatic carbocycles. The number of hydrogen-bond donors (Lipinski definition) is 0. The Morgan fingerprint density at radius 3 is 2.93 bits per heavy atom. The van der Waals surface area contributed by atoms with Crippen molar-refractivity contribution in [3.63, 3.8) is 0 Å². The molecule has 0 radical (unpaired) electrons. The molecule has 1 fully saturated rings. The van der Waals surface area contributed by atoms with Gasteiger partial charge in [-0.25, -0.2) is 0 Å². The molecule has 1 unspecified atom stereocenters. The number of hydrogen-bond acceptors (Lipinski definition) is 2. The highest BCUT2D eigenvalue weighted by molar-refractivity contribution is 9.09. The van der Waals surface area contributed by atoms with Gasteiger partial charge in [0.15, 0.2) is 0 Å². The molecule has 0 bridgehead atoms. The average molecular weight is 264 g/mol. The average Bonchev–Trinajstić information content (AvgIpc) is 2.25. The first kappa shape index (κ1) is 12.5. The molecular formula is C11H22BrNO. The third-order valence-corrected chi connectivity index (χ3v) is 3.46. The first-order chi connectivity index (χ1) is 6.86. The number of likely N-dealkylation sites (tertiary alicyclic amines) is 1. The van der Waals surface area contributed by atoms with E-state index < -0.39 is 0 Å². The Morgan fingerprint density at radius 1 is 1.36 bits per heavy atom. The van der Waals surface area contributed by atoms with Gasteiger partial charge in [0.25, 0.3) is 0 Å². The molecule has 1 aliphatic heterocycles. The molecule has 1 saturated heterocycles. The highest BCUT2D eigenvalue weighted by atomic mass is 79.9. The van der Waals surface area contributed by atoms with Gasteiger partial charge in [-0.05, 0) is 38.8 Å². The van der Waals surface area contributed by atoms with Gasteiger partial charge in [-0.2, -0.15) is 0 Å². The minimum Gasteiger partial charge on any atom is -0.380 e. The lowest BCUT2D eigenvalue weighted by molar-refractivity contribution is 0.0309. The molecule has 3 heteroatoms. The second-order valence-corrected chi connectivity index (χ2v) is 4.84. The molecule has 0 saturated carbocycles. The van der Waals surface area contributed by atoms with Gasteiger partial charge < -0.3 is 9.64 Å². The van der Waals surface area contributed by atoms with Gasteiger partial charge in [-0.1, -0.05) is 22.4 Å². The minimum absolute atomic E-state index is 0.486. The number of unbranched alkanes of at least 4 members (excludes halogenated alkanes) is 2. The summed E-state index contributed by atoms with van der Waals surface area (Å²) in [6, 6.07) is 0. The Hall–Kier alpha value is 0.400. The number of methoxy groups -OCH3 is 1. The smallest absolute Gasteiger partial charge is 0.0698 e. The van der Waals surface area contributed by atoms with Crippen LogP contribution in [0.1, 0.15) is 32.1 Å². The van der Waals surface area contributed by atoms with E-state index in [-0.39, 0.29) is 0 Å². The van der Waals surface area contributed by atoms with Gasteiger partial charge in [0, 0.05) is 19.0 Å². The third kappa shape index (κ3) is 4.76. The van der Waals surface area contributed by atoms with Crippen LogP contribution in [0.15, 0.2) is 0 Å². The summed E-state index contributed by atoms with van der Waals surface area (Å²) in [5.74, 6) is 0. The molecule has 0 amide bonds. The molecular weight excluding hydrogens is 242 g/mol. The van der Waals surface area contributed by atoms with Crippen LogP contribution in [-0.2, 0) is 4.74 Å². The number of rotatable bonds is 6. The van der Waals surface area contributed by atoms with E-state index in [1.165, 1.54) is 45.2 Å². The van der Waals surface area contributed by atoms with E-state index in [0.717, 1.165) is 11.9 Å². The zero-order valence-electron chi connectivity index (χ0n) is 9.17. The van der Waals surface area contributed by atoms with Crippen molar-refractivity contribution in [2.45, 2.75) is 38.2 Å². The quantitative estimate of drug-likeness (QED) is 0.540. The van der Waals surface area contributed by atoms with Crippen LogP contribution < -0.4 is 0 Å². The van der Waals surface area contributed by atoms with E-state index in [1.807, 2.05) is 7.11 Å². The molecule has 1 aliphatic rings. The molecule has 0 aromatic rings. The first-order valence-electron chi connectivity index (χ1n) is 5.68. The van der Waals surface area contributed by atoms with Crippen molar-refractivity contribution in [2.24, 2.45) is 0 Å². The molecule has 14 heavy (non-hydrogen) atoms. The monoisotopic (exact) mass is 263 g/mol. The van der Waals surface area contributed by atoms with Gasteiger partial charge >= 0.3 is 0 Å². The van der Waals surface area contributed by atoms with Crippen LogP contribution in [0.4, 0.5) is 0 Å². The predicted octanol–water partition coefficient (Wildman–Crippen LogP) is 2.66. The molecule has 2 nitrogen and oxygen atoms in total. The van der Waals surface area contributed by atoms with Crippen LogP contribution in [0.5, 0.6) is 0 Å². The van der Waals surface area contributed by atoms with Crippen molar-refractivity contribution < 1.29 is 4.74 Å². The van der Waals surface area contributed by atoms with Crippen LogP contribution >= 0.6 is 15.9 Å². The van der Waals surface area contributed by atoms with E-state index in [0.29, 0.717) is 6.10 Å². The lowest BCUT2D eigenvalue weighted by Crippen LogP contribution is -2.39. The lowest BCUT2D eigenvalue weighted by Gasteiger charge is -2.31. The van der Waals surface area contributed by atoms with Crippen LogP contribution in [0, 0.1) is 0 Å². The summed E-state index contributed by atoms with van der Waals surface area (Å²) < 4.78 is 5.40. The zero-order valence-corrected chi connectivity index (χ0v) is 10.8. The van der Waals surface area contributed by atoms with Gasteiger partial charge in [-0.15, -0.1) is 0 Å². The van der Waals surface area contributed by atoms with Gasteiger partial charge in [0.05, 0.1) is 6.10 Å². The summed E-state index contributed by atoms with van der Waals surface area (Å²) >= 11 is 3.46. The van der Waals surface area contributed by atoms with Crippen molar-refractivity contribution in [2.75, 3.05) is 32.1 Å². The molecule has 1 rings (SSSR count). The minimum atomic E-state index is 0.486. The van der Waals surface area contributed by atoms with Crippen molar-refractivity contribution in [3.8, 4) is 0 Å². The fourth-order valence-electron chi connectivity index (χ4n) is 2.02.